The highest BCUT2D eigenvalue weighted by molar-refractivity contribution is 9.10. The number of aromatic amines is 1. The normalized spacial score (nSPS) is 10.5. The van der Waals surface area contributed by atoms with E-state index in [9.17, 15) is 9.59 Å². The Morgan fingerprint density at radius 1 is 1.29 bits per heavy atom. The van der Waals surface area contributed by atoms with Crippen molar-refractivity contribution in [2.45, 2.75) is 13.5 Å². The number of nitrogens with one attached hydrogen (secondary N) is 1. The lowest BCUT2D eigenvalue weighted by Gasteiger charge is -2.07. The van der Waals surface area contributed by atoms with Gasteiger partial charge in [-0.1, -0.05) is 24.3 Å². The quantitative estimate of drug-likeness (QED) is 0.916. The molecule has 17 heavy (non-hydrogen) atoms. The standard InChI is InChI=1S/C12H11BrN2O2/c1-8-4-2-3-5-9(8)7-15-11(16)10(13)6-14-12(15)17/h2-6H,7H2,1H3,(H,14,17). The van der Waals surface area contributed by atoms with Gasteiger partial charge in [-0.3, -0.25) is 9.36 Å². The first kappa shape index (κ1) is 11.9. The number of rotatable bonds is 2. The summed E-state index contributed by atoms with van der Waals surface area (Å²) < 4.78 is 1.53. The van der Waals surface area contributed by atoms with Crippen LogP contribution in [0, 0.1) is 6.92 Å². The summed E-state index contributed by atoms with van der Waals surface area (Å²) in [6.07, 6.45) is 1.36. The van der Waals surface area contributed by atoms with Crippen molar-refractivity contribution in [1.82, 2.24) is 9.55 Å². The van der Waals surface area contributed by atoms with E-state index in [1.807, 2.05) is 31.2 Å². The second-order valence-electron chi connectivity index (χ2n) is 3.76. The first-order valence-electron chi connectivity index (χ1n) is 5.12. The van der Waals surface area contributed by atoms with Crippen molar-refractivity contribution < 1.29 is 0 Å². The minimum atomic E-state index is -0.401. The summed E-state index contributed by atoms with van der Waals surface area (Å²) in [6, 6.07) is 7.67. The molecule has 0 aliphatic carbocycles. The topological polar surface area (TPSA) is 54.9 Å². The molecule has 0 atom stereocenters. The summed E-state index contributed by atoms with van der Waals surface area (Å²) in [6.45, 7) is 2.23. The maximum Gasteiger partial charge on any atom is 0.328 e. The van der Waals surface area contributed by atoms with Crippen LogP contribution in [-0.2, 0) is 6.54 Å². The van der Waals surface area contributed by atoms with Crippen LogP contribution >= 0.6 is 15.9 Å². The fourth-order valence-electron chi connectivity index (χ4n) is 1.59. The molecule has 0 bridgehead atoms. The molecule has 0 aliphatic heterocycles. The molecule has 1 aromatic carbocycles. The van der Waals surface area contributed by atoms with Gasteiger partial charge in [0.15, 0.2) is 0 Å². The largest absolute Gasteiger partial charge is 0.328 e. The molecule has 1 heterocycles. The number of benzene rings is 1. The molecule has 0 unspecified atom stereocenters. The van der Waals surface area contributed by atoms with Crippen LogP contribution < -0.4 is 11.2 Å². The molecule has 0 spiro atoms. The van der Waals surface area contributed by atoms with Gasteiger partial charge in [-0.15, -0.1) is 0 Å². The minimum absolute atomic E-state index is 0.278. The van der Waals surface area contributed by atoms with Gasteiger partial charge in [-0.25, -0.2) is 4.79 Å². The van der Waals surface area contributed by atoms with Crippen LogP contribution in [0.15, 0.2) is 44.5 Å². The third-order valence-electron chi connectivity index (χ3n) is 2.61. The number of nitrogens with zero attached hydrogens (tertiary/aromatic N) is 1. The number of hydrogen-bond donors (Lipinski definition) is 1. The van der Waals surface area contributed by atoms with Gasteiger partial charge in [0.2, 0.25) is 0 Å². The summed E-state index contributed by atoms with van der Waals surface area (Å²) in [5, 5.41) is 0. The molecule has 5 heteroatoms. The lowest BCUT2D eigenvalue weighted by Crippen LogP contribution is -2.35. The van der Waals surface area contributed by atoms with Gasteiger partial charge < -0.3 is 4.98 Å². The highest BCUT2D eigenvalue weighted by atomic mass is 79.9. The van der Waals surface area contributed by atoms with Crippen molar-refractivity contribution in [2.24, 2.45) is 0 Å². The Hall–Kier alpha value is -1.62. The van der Waals surface area contributed by atoms with E-state index in [2.05, 4.69) is 20.9 Å². The molecule has 1 N–H and O–H groups in total. The van der Waals surface area contributed by atoms with Crippen LogP contribution in [0.4, 0.5) is 0 Å². The molecule has 0 saturated heterocycles. The van der Waals surface area contributed by atoms with Gasteiger partial charge in [0.25, 0.3) is 5.56 Å². The average molecular weight is 295 g/mol. The number of halogens is 1. The third kappa shape index (κ3) is 2.39. The number of aryl methyl sites for hydroxylation is 1. The van der Waals surface area contributed by atoms with Crippen molar-refractivity contribution >= 4 is 15.9 Å². The zero-order valence-corrected chi connectivity index (χ0v) is 10.8. The number of H-pyrrole nitrogens is 1. The molecule has 0 fully saturated rings. The molecule has 4 nitrogen and oxygen atoms in total. The second kappa shape index (κ2) is 4.71. The fourth-order valence-corrected chi connectivity index (χ4v) is 1.92. The maximum atomic E-state index is 11.8. The zero-order valence-electron chi connectivity index (χ0n) is 9.24. The van der Waals surface area contributed by atoms with Gasteiger partial charge in [0.05, 0.1) is 11.0 Å². The molecule has 2 rings (SSSR count). The molecule has 1 aromatic heterocycles. The van der Waals surface area contributed by atoms with Crippen molar-refractivity contribution in [3.8, 4) is 0 Å². The van der Waals surface area contributed by atoms with E-state index in [4.69, 9.17) is 0 Å². The highest BCUT2D eigenvalue weighted by Crippen LogP contribution is 2.07. The van der Waals surface area contributed by atoms with E-state index < -0.39 is 5.69 Å². The molecule has 88 valence electrons. The van der Waals surface area contributed by atoms with Crippen LogP contribution in [0.1, 0.15) is 11.1 Å². The summed E-state index contributed by atoms with van der Waals surface area (Å²) in [7, 11) is 0. The first-order chi connectivity index (χ1) is 8.09. The van der Waals surface area contributed by atoms with Crippen molar-refractivity contribution in [3.63, 3.8) is 0 Å². The Bertz CT molecular complexity index is 658. The minimum Gasteiger partial charge on any atom is -0.313 e. The van der Waals surface area contributed by atoms with Crippen molar-refractivity contribution in [2.75, 3.05) is 0 Å². The van der Waals surface area contributed by atoms with E-state index in [0.717, 1.165) is 11.1 Å². The second-order valence-corrected chi connectivity index (χ2v) is 4.61. The van der Waals surface area contributed by atoms with Crippen molar-refractivity contribution in [1.29, 1.82) is 0 Å². The summed E-state index contributed by atoms with van der Waals surface area (Å²) in [5.41, 5.74) is 1.29. The van der Waals surface area contributed by atoms with Crippen LogP contribution in [-0.4, -0.2) is 9.55 Å². The Morgan fingerprint density at radius 2 is 2.00 bits per heavy atom. The van der Waals surface area contributed by atoms with Gasteiger partial charge in [-0.2, -0.15) is 0 Å². The number of hydrogen-bond acceptors (Lipinski definition) is 2. The van der Waals surface area contributed by atoms with E-state index in [0.29, 0.717) is 4.47 Å². The molecule has 0 aliphatic rings. The van der Waals surface area contributed by atoms with E-state index in [1.54, 1.807) is 0 Å². The lowest BCUT2D eigenvalue weighted by atomic mass is 10.1. The summed E-state index contributed by atoms with van der Waals surface area (Å²) in [5.74, 6) is 0. The van der Waals surface area contributed by atoms with Crippen LogP contribution in [0.2, 0.25) is 0 Å². The summed E-state index contributed by atoms with van der Waals surface area (Å²) in [4.78, 5) is 25.9. The third-order valence-corrected chi connectivity index (χ3v) is 3.17. The highest BCUT2D eigenvalue weighted by Gasteiger charge is 2.06. The van der Waals surface area contributed by atoms with Gasteiger partial charge in [0.1, 0.15) is 0 Å². The first-order valence-corrected chi connectivity index (χ1v) is 5.91. The zero-order chi connectivity index (χ0) is 12.4. The van der Waals surface area contributed by atoms with Gasteiger partial charge in [-0.05, 0) is 34.0 Å². The average Bonchev–Trinajstić information content (AvgIpc) is 2.32. The predicted molar refractivity (Wildman–Crippen MR) is 69.3 cm³/mol. The number of aromatic nitrogens is 2. The van der Waals surface area contributed by atoms with Gasteiger partial charge in [0, 0.05) is 6.20 Å². The Kier molecular flexibility index (Phi) is 3.28. The predicted octanol–water partition coefficient (Wildman–Crippen LogP) is 1.66. The monoisotopic (exact) mass is 294 g/mol. The van der Waals surface area contributed by atoms with Gasteiger partial charge >= 0.3 is 5.69 Å². The Morgan fingerprint density at radius 3 is 2.71 bits per heavy atom. The van der Waals surface area contributed by atoms with E-state index in [-0.39, 0.29) is 12.1 Å². The lowest BCUT2D eigenvalue weighted by molar-refractivity contribution is 0.691. The molecule has 0 amide bonds. The fraction of sp³-hybridized carbons (Fsp3) is 0.167. The molecule has 0 saturated carbocycles. The molecule has 2 aromatic rings. The SMILES string of the molecule is Cc1ccccc1Cn1c(=O)[nH]cc(Br)c1=O. The molecular weight excluding hydrogens is 284 g/mol. The van der Waals surface area contributed by atoms with Crippen molar-refractivity contribution in [3.05, 3.63) is 66.9 Å². The van der Waals surface area contributed by atoms with Crippen LogP contribution in [0.25, 0.3) is 0 Å². The Labute approximate surface area is 106 Å². The Balaban J connectivity index is 2.51. The van der Waals surface area contributed by atoms with E-state index >= 15 is 0 Å². The van der Waals surface area contributed by atoms with Crippen LogP contribution in [0.5, 0.6) is 0 Å². The van der Waals surface area contributed by atoms with Crippen LogP contribution in [0.3, 0.4) is 0 Å². The smallest absolute Gasteiger partial charge is 0.313 e. The summed E-state index contributed by atoms with van der Waals surface area (Å²) >= 11 is 3.11. The molecular formula is C12H11BrN2O2. The molecule has 0 radical (unpaired) electrons. The van der Waals surface area contributed by atoms with E-state index in [1.165, 1.54) is 10.8 Å². The maximum absolute atomic E-state index is 11.8.